The van der Waals surface area contributed by atoms with Crippen LogP contribution >= 0.6 is 12.2 Å². The number of thiocarbonyl (C=S) groups is 1. The summed E-state index contributed by atoms with van der Waals surface area (Å²) in [4.78, 5) is 40.2. The highest BCUT2D eigenvalue weighted by atomic mass is 32.1. The molecule has 0 bridgehead atoms. The van der Waals surface area contributed by atoms with Crippen LogP contribution in [-0.4, -0.2) is 38.8 Å². The van der Waals surface area contributed by atoms with E-state index in [-0.39, 0.29) is 29.9 Å². The highest BCUT2D eigenvalue weighted by molar-refractivity contribution is 7.80. The van der Waals surface area contributed by atoms with Crippen molar-refractivity contribution in [1.29, 1.82) is 0 Å². The number of anilines is 1. The van der Waals surface area contributed by atoms with Crippen LogP contribution in [0.4, 0.5) is 5.69 Å². The van der Waals surface area contributed by atoms with E-state index in [9.17, 15) is 14.4 Å². The fourth-order valence-corrected chi connectivity index (χ4v) is 3.86. The molecule has 1 fully saturated rings. The predicted molar refractivity (Wildman–Crippen MR) is 129 cm³/mol. The highest BCUT2D eigenvalue weighted by Gasteiger charge is 2.44. The van der Waals surface area contributed by atoms with Crippen molar-refractivity contribution in [2.24, 2.45) is 0 Å². The second-order valence-corrected chi connectivity index (χ2v) is 7.87. The Kier molecular flexibility index (Phi) is 6.75. The number of rotatable bonds is 7. The maximum atomic E-state index is 13.3. The van der Waals surface area contributed by atoms with Crippen molar-refractivity contribution in [1.82, 2.24) is 15.3 Å². The van der Waals surface area contributed by atoms with Gasteiger partial charge in [-0.2, -0.15) is 0 Å². The van der Waals surface area contributed by atoms with Crippen LogP contribution in [-0.2, 0) is 16.1 Å². The van der Waals surface area contributed by atoms with Gasteiger partial charge in [-0.3, -0.25) is 24.7 Å². The number of hydrogen-bond donors (Lipinski definition) is 2. The minimum Gasteiger partial charge on any atom is -0.326 e. The number of para-hydroxylation sites is 1. The lowest BCUT2D eigenvalue weighted by molar-refractivity contribution is -0.131. The zero-order valence-corrected chi connectivity index (χ0v) is 18.5. The molecule has 0 aliphatic carbocycles. The topological polar surface area (TPSA) is 81.8 Å². The SMILES string of the molecule is O=C(CC1C(=O)N(Cc2ccccc2)C(=S)N1NC(=O)c1ccccc1)Nc1ccccc1. The molecule has 33 heavy (non-hydrogen) atoms. The van der Waals surface area contributed by atoms with Gasteiger partial charge in [0.25, 0.3) is 11.8 Å². The molecule has 0 radical (unpaired) electrons. The molecule has 1 atom stereocenters. The Balaban J connectivity index is 1.55. The minimum absolute atomic E-state index is 0.144. The van der Waals surface area contributed by atoms with Crippen molar-refractivity contribution in [3.63, 3.8) is 0 Å². The summed E-state index contributed by atoms with van der Waals surface area (Å²) in [5, 5.41) is 4.25. The molecule has 3 aromatic rings. The molecule has 0 spiro atoms. The molecule has 2 N–H and O–H groups in total. The van der Waals surface area contributed by atoms with E-state index in [2.05, 4.69) is 10.7 Å². The molecule has 8 heteroatoms. The van der Waals surface area contributed by atoms with Crippen LogP contribution in [0.15, 0.2) is 91.0 Å². The molecule has 1 saturated heterocycles. The third-order valence-corrected chi connectivity index (χ3v) is 5.59. The Morgan fingerprint density at radius 2 is 1.42 bits per heavy atom. The standard InChI is InChI=1S/C25H22N4O3S/c30-22(26-20-14-8-3-9-15-20)16-21-24(32)28(17-18-10-4-1-5-11-18)25(33)29(21)27-23(31)19-12-6-2-7-13-19/h1-15,21H,16-17H2,(H,26,30)(H,27,31). The van der Waals surface area contributed by atoms with Gasteiger partial charge in [-0.25, -0.2) is 5.01 Å². The lowest BCUT2D eigenvalue weighted by Crippen LogP contribution is -2.49. The van der Waals surface area contributed by atoms with Crippen LogP contribution in [0, 0.1) is 0 Å². The first-order chi connectivity index (χ1) is 16.0. The molecule has 0 saturated carbocycles. The van der Waals surface area contributed by atoms with Gasteiger partial charge in [-0.05, 0) is 42.0 Å². The van der Waals surface area contributed by atoms with E-state index in [0.29, 0.717) is 11.3 Å². The average Bonchev–Trinajstić information content (AvgIpc) is 3.05. The maximum absolute atomic E-state index is 13.3. The van der Waals surface area contributed by atoms with Gasteiger partial charge in [0.2, 0.25) is 5.91 Å². The third kappa shape index (κ3) is 5.24. The molecular formula is C25H22N4O3S. The zero-order chi connectivity index (χ0) is 23.2. The summed E-state index contributed by atoms with van der Waals surface area (Å²) in [6.45, 7) is 0.243. The Morgan fingerprint density at radius 1 is 0.848 bits per heavy atom. The molecule has 166 valence electrons. The Hall–Kier alpha value is -4.04. The summed E-state index contributed by atoms with van der Waals surface area (Å²) < 4.78 is 0. The summed E-state index contributed by atoms with van der Waals surface area (Å²) in [7, 11) is 0. The maximum Gasteiger partial charge on any atom is 0.269 e. The van der Waals surface area contributed by atoms with Crippen LogP contribution in [0.2, 0.25) is 0 Å². The van der Waals surface area contributed by atoms with Crippen molar-refractivity contribution < 1.29 is 14.4 Å². The van der Waals surface area contributed by atoms with Gasteiger partial charge in [0.05, 0.1) is 13.0 Å². The summed E-state index contributed by atoms with van der Waals surface area (Å²) in [5.74, 6) is -1.12. The van der Waals surface area contributed by atoms with Crippen LogP contribution in [0.25, 0.3) is 0 Å². The van der Waals surface area contributed by atoms with Crippen molar-refractivity contribution in [3.8, 4) is 0 Å². The zero-order valence-electron chi connectivity index (χ0n) is 17.7. The molecule has 1 heterocycles. The van der Waals surface area contributed by atoms with Crippen LogP contribution in [0.1, 0.15) is 22.3 Å². The Labute approximate surface area is 197 Å². The first kappa shape index (κ1) is 22.2. The lowest BCUT2D eigenvalue weighted by atomic mass is 10.1. The monoisotopic (exact) mass is 458 g/mol. The molecule has 0 aromatic heterocycles. The number of nitrogens with zero attached hydrogens (tertiary/aromatic N) is 2. The lowest BCUT2D eigenvalue weighted by Gasteiger charge is -2.24. The Bertz CT molecular complexity index is 1160. The number of amides is 3. The third-order valence-electron chi connectivity index (χ3n) is 5.18. The fraction of sp³-hybridized carbons (Fsp3) is 0.120. The number of nitrogens with one attached hydrogen (secondary N) is 2. The van der Waals surface area contributed by atoms with E-state index in [1.165, 1.54) is 9.91 Å². The Morgan fingerprint density at radius 3 is 2.06 bits per heavy atom. The summed E-state index contributed by atoms with van der Waals surface area (Å²) in [6, 6.07) is 26.0. The van der Waals surface area contributed by atoms with E-state index in [1.807, 2.05) is 36.4 Å². The molecule has 4 rings (SSSR count). The van der Waals surface area contributed by atoms with Crippen LogP contribution in [0.3, 0.4) is 0 Å². The van der Waals surface area contributed by atoms with Gasteiger partial charge in [0.1, 0.15) is 6.04 Å². The number of carbonyl (C=O) groups excluding carboxylic acids is 3. The fourth-order valence-electron chi connectivity index (χ4n) is 3.54. The van der Waals surface area contributed by atoms with Gasteiger partial charge in [-0.1, -0.05) is 66.7 Å². The molecule has 3 aromatic carbocycles. The van der Waals surface area contributed by atoms with Gasteiger partial charge >= 0.3 is 0 Å². The normalized spacial score (nSPS) is 15.5. The number of hydrazine groups is 1. The first-order valence-corrected chi connectivity index (χ1v) is 10.8. The van der Waals surface area contributed by atoms with E-state index >= 15 is 0 Å². The van der Waals surface area contributed by atoms with Crippen molar-refractivity contribution in [2.75, 3.05) is 5.32 Å². The number of benzene rings is 3. The molecule has 7 nitrogen and oxygen atoms in total. The van der Waals surface area contributed by atoms with Crippen LogP contribution in [0.5, 0.6) is 0 Å². The van der Waals surface area contributed by atoms with Gasteiger partial charge in [-0.15, -0.1) is 0 Å². The smallest absolute Gasteiger partial charge is 0.269 e. The van der Waals surface area contributed by atoms with Gasteiger partial charge in [0.15, 0.2) is 5.11 Å². The van der Waals surface area contributed by atoms with E-state index in [1.54, 1.807) is 54.6 Å². The van der Waals surface area contributed by atoms with Gasteiger partial charge in [0, 0.05) is 11.3 Å². The number of hydrogen-bond acceptors (Lipinski definition) is 4. The molecule has 3 amide bonds. The first-order valence-electron chi connectivity index (χ1n) is 10.4. The van der Waals surface area contributed by atoms with Crippen molar-refractivity contribution >= 4 is 40.7 Å². The van der Waals surface area contributed by atoms with E-state index in [4.69, 9.17) is 12.2 Å². The molecular weight excluding hydrogens is 436 g/mol. The van der Waals surface area contributed by atoms with Crippen LogP contribution < -0.4 is 10.7 Å². The highest BCUT2D eigenvalue weighted by Crippen LogP contribution is 2.22. The average molecular weight is 459 g/mol. The van der Waals surface area contributed by atoms with E-state index < -0.39 is 11.9 Å². The number of carbonyl (C=O) groups is 3. The summed E-state index contributed by atoms with van der Waals surface area (Å²) in [5.41, 5.74) is 4.65. The minimum atomic E-state index is -0.961. The van der Waals surface area contributed by atoms with Crippen molar-refractivity contribution in [3.05, 3.63) is 102 Å². The van der Waals surface area contributed by atoms with Gasteiger partial charge < -0.3 is 5.32 Å². The second-order valence-electron chi connectivity index (χ2n) is 7.50. The molecule has 1 aliphatic rings. The second kappa shape index (κ2) is 10.1. The summed E-state index contributed by atoms with van der Waals surface area (Å²) >= 11 is 5.55. The predicted octanol–water partition coefficient (Wildman–Crippen LogP) is 3.36. The molecule has 1 aliphatic heterocycles. The quantitative estimate of drug-likeness (QED) is 0.531. The van der Waals surface area contributed by atoms with Crippen molar-refractivity contribution in [2.45, 2.75) is 19.0 Å². The van der Waals surface area contributed by atoms with E-state index in [0.717, 1.165) is 5.56 Å². The molecule has 1 unspecified atom stereocenters. The largest absolute Gasteiger partial charge is 0.326 e. The summed E-state index contributed by atoms with van der Waals surface area (Å²) in [6.07, 6.45) is -0.172.